The van der Waals surface area contributed by atoms with Crippen LogP contribution in [0.5, 0.6) is 0 Å². The normalized spacial score (nSPS) is 10.8. The Bertz CT molecular complexity index is 446. The summed E-state index contributed by atoms with van der Waals surface area (Å²) in [7, 11) is 0. The molecule has 0 fully saturated rings. The van der Waals surface area contributed by atoms with E-state index >= 15 is 0 Å². The Morgan fingerprint density at radius 2 is 2.00 bits per heavy atom. The Morgan fingerprint density at radius 3 is 2.40 bits per heavy atom. The second-order valence-electron chi connectivity index (χ2n) is 2.68. The van der Waals surface area contributed by atoms with E-state index in [1.54, 1.807) is 0 Å². The van der Waals surface area contributed by atoms with Gasteiger partial charge in [0, 0.05) is 0 Å². The molecule has 0 unspecified atom stereocenters. The molecular weight excluding hydrogens is 211 g/mol. The van der Waals surface area contributed by atoms with Crippen LogP contribution < -0.4 is 0 Å². The standard InChI is InChI=1S/C9H4F3NO2/c10-9(11,12)7-2-1-5(8(14)15)3-6(7)4-13/h1-3H,(H,14,15). The molecule has 0 atom stereocenters. The van der Waals surface area contributed by atoms with Gasteiger partial charge in [-0.05, 0) is 18.2 Å². The number of halogens is 3. The van der Waals surface area contributed by atoms with Crippen molar-refractivity contribution in [2.45, 2.75) is 6.18 Å². The van der Waals surface area contributed by atoms with Gasteiger partial charge >= 0.3 is 12.1 Å². The number of hydrogen-bond acceptors (Lipinski definition) is 2. The maximum absolute atomic E-state index is 12.3. The van der Waals surface area contributed by atoms with Crippen LogP contribution in [0.3, 0.4) is 0 Å². The SMILES string of the molecule is N#Cc1cc(C(=O)O)ccc1C(F)(F)F. The second kappa shape index (κ2) is 3.61. The zero-order valence-electron chi connectivity index (χ0n) is 7.17. The van der Waals surface area contributed by atoms with E-state index < -0.39 is 23.3 Å². The highest BCUT2D eigenvalue weighted by Gasteiger charge is 2.33. The third-order valence-corrected chi connectivity index (χ3v) is 1.69. The Labute approximate surface area is 82.4 Å². The number of carbonyl (C=O) groups is 1. The van der Waals surface area contributed by atoms with E-state index in [-0.39, 0.29) is 5.56 Å². The smallest absolute Gasteiger partial charge is 0.417 e. The van der Waals surface area contributed by atoms with Crippen molar-refractivity contribution >= 4 is 5.97 Å². The number of nitriles is 1. The predicted molar refractivity (Wildman–Crippen MR) is 43.1 cm³/mol. The molecule has 0 amide bonds. The Balaban J connectivity index is 3.36. The molecule has 0 aromatic heterocycles. The molecule has 1 aromatic rings. The van der Waals surface area contributed by atoms with Gasteiger partial charge in [-0.15, -0.1) is 0 Å². The van der Waals surface area contributed by atoms with Crippen LogP contribution >= 0.6 is 0 Å². The van der Waals surface area contributed by atoms with E-state index in [1.165, 1.54) is 6.07 Å². The number of rotatable bonds is 1. The van der Waals surface area contributed by atoms with Gasteiger partial charge in [-0.25, -0.2) is 4.79 Å². The first-order chi connectivity index (χ1) is 6.86. The van der Waals surface area contributed by atoms with E-state index in [4.69, 9.17) is 10.4 Å². The van der Waals surface area contributed by atoms with Gasteiger partial charge in [-0.1, -0.05) is 0 Å². The highest BCUT2D eigenvalue weighted by atomic mass is 19.4. The van der Waals surface area contributed by atoms with Gasteiger partial charge in [0.25, 0.3) is 0 Å². The van der Waals surface area contributed by atoms with Crippen molar-refractivity contribution in [3.8, 4) is 6.07 Å². The van der Waals surface area contributed by atoms with Gasteiger partial charge in [0.2, 0.25) is 0 Å². The van der Waals surface area contributed by atoms with Crippen LogP contribution in [0.25, 0.3) is 0 Å². The van der Waals surface area contributed by atoms with E-state index in [1.807, 2.05) is 0 Å². The molecule has 15 heavy (non-hydrogen) atoms. The van der Waals surface area contributed by atoms with Gasteiger partial charge in [0.05, 0.1) is 22.8 Å². The zero-order valence-corrected chi connectivity index (χ0v) is 7.17. The Hall–Kier alpha value is -2.03. The number of carboxylic acid groups (broad SMARTS) is 1. The summed E-state index contributed by atoms with van der Waals surface area (Å²) >= 11 is 0. The first kappa shape index (κ1) is 11.0. The van der Waals surface area contributed by atoms with Crippen LogP contribution in [0.1, 0.15) is 21.5 Å². The summed E-state index contributed by atoms with van der Waals surface area (Å²) in [5, 5.41) is 17.0. The Kier molecular flexibility index (Phi) is 2.66. The highest BCUT2D eigenvalue weighted by Crippen LogP contribution is 2.32. The summed E-state index contributed by atoms with van der Waals surface area (Å²) in [5.41, 5.74) is -2.17. The minimum atomic E-state index is -4.65. The molecule has 78 valence electrons. The van der Waals surface area contributed by atoms with Crippen LogP contribution in [-0.4, -0.2) is 11.1 Å². The van der Waals surface area contributed by atoms with E-state index in [2.05, 4.69) is 0 Å². The first-order valence-electron chi connectivity index (χ1n) is 3.71. The average Bonchev–Trinajstić information content (AvgIpc) is 2.15. The molecule has 1 N–H and O–H groups in total. The van der Waals surface area contributed by atoms with Gasteiger partial charge in [-0.2, -0.15) is 18.4 Å². The monoisotopic (exact) mass is 215 g/mol. The van der Waals surface area contributed by atoms with Crippen molar-refractivity contribution in [2.75, 3.05) is 0 Å². The number of carboxylic acids is 1. The van der Waals surface area contributed by atoms with Crippen LogP contribution in [-0.2, 0) is 6.18 Å². The van der Waals surface area contributed by atoms with Crippen molar-refractivity contribution < 1.29 is 23.1 Å². The molecular formula is C9H4F3NO2. The van der Waals surface area contributed by atoms with E-state index in [9.17, 15) is 18.0 Å². The molecule has 1 aromatic carbocycles. The molecule has 0 aliphatic carbocycles. The second-order valence-corrected chi connectivity index (χ2v) is 2.68. The van der Waals surface area contributed by atoms with Gasteiger partial charge in [0.1, 0.15) is 0 Å². The van der Waals surface area contributed by atoms with Gasteiger partial charge in [-0.3, -0.25) is 0 Å². The van der Waals surface area contributed by atoms with Crippen LogP contribution in [0.15, 0.2) is 18.2 Å². The lowest BCUT2D eigenvalue weighted by Crippen LogP contribution is -2.09. The van der Waals surface area contributed by atoms with Crippen molar-refractivity contribution in [3.63, 3.8) is 0 Å². The van der Waals surface area contributed by atoms with E-state index in [0.29, 0.717) is 12.1 Å². The van der Waals surface area contributed by atoms with Gasteiger partial charge < -0.3 is 5.11 Å². The topological polar surface area (TPSA) is 61.1 Å². The molecule has 3 nitrogen and oxygen atoms in total. The fourth-order valence-corrected chi connectivity index (χ4v) is 1.02. The largest absolute Gasteiger partial charge is 0.478 e. The zero-order chi connectivity index (χ0) is 11.6. The number of benzene rings is 1. The van der Waals surface area contributed by atoms with Crippen LogP contribution in [0.2, 0.25) is 0 Å². The first-order valence-corrected chi connectivity index (χ1v) is 3.71. The summed E-state index contributed by atoms with van der Waals surface area (Å²) in [5.74, 6) is -1.37. The molecule has 1 rings (SSSR count). The van der Waals surface area contributed by atoms with E-state index in [0.717, 1.165) is 6.07 Å². The molecule has 0 heterocycles. The fourth-order valence-electron chi connectivity index (χ4n) is 1.02. The van der Waals surface area contributed by atoms with Crippen LogP contribution in [0, 0.1) is 11.3 Å². The maximum atomic E-state index is 12.3. The average molecular weight is 215 g/mol. The number of nitrogens with zero attached hydrogens (tertiary/aromatic N) is 1. The minimum absolute atomic E-state index is 0.348. The molecule has 0 aliphatic rings. The lowest BCUT2D eigenvalue weighted by atomic mass is 10.0. The lowest BCUT2D eigenvalue weighted by Gasteiger charge is -2.08. The number of alkyl halides is 3. The predicted octanol–water partition coefficient (Wildman–Crippen LogP) is 2.28. The Morgan fingerprint density at radius 1 is 1.40 bits per heavy atom. The van der Waals surface area contributed by atoms with Gasteiger partial charge in [0.15, 0.2) is 0 Å². The highest BCUT2D eigenvalue weighted by molar-refractivity contribution is 5.88. The molecule has 0 bridgehead atoms. The number of aromatic carboxylic acids is 1. The van der Waals surface area contributed by atoms with Crippen molar-refractivity contribution in [1.29, 1.82) is 5.26 Å². The molecule has 0 saturated carbocycles. The van der Waals surface area contributed by atoms with Crippen molar-refractivity contribution in [2.24, 2.45) is 0 Å². The van der Waals surface area contributed by atoms with Crippen molar-refractivity contribution in [1.82, 2.24) is 0 Å². The quantitative estimate of drug-likeness (QED) is 0.781. The van der Waals surface area contributed by atoms with Crippen molar-refractivity contribution in [3.05, 3.63) is 34.9 Å². The lowest BCUT2D eigenvalue weighted by molar-refractivity contribution is -0.137. The summed E-state index contributed by atoms with van der Waals surface area (Å²) < 4.78 is 36.8. The maximum Gasteiger partial charge on any atom is 0.417 e. The third-order valence-electron chi connectivity index (χ3n) is 1.69. The fraction of sp³-hybridized carbons (Fsp3) is 0.111. The summed E-state index contributed by atoms with van der Waals surface area (Å²) in [6, 6.07) is 3.41. The molecule has 0 radical (unpaired) electrons. The molecule has 0 saturated heterocycles. The number of hydrogen-bond donors (Lipinski definition) is 1. The van der Waals surface area contributed by atoms with Crippen LogP contribution in [0.4, 0.5) is 13.2 Å². The summed E-state index contributed by atoms with van der Waals surface area (Å²) in [4.78, 5) is 10.4. The summed E-state index contributed by atoms with van der Waals surface area (Å²) in [6.45, 7) is 0. The third kappa shape index (κ3) is 2.26. The molecule has 6 heteroatoms. The molecule has 0 aliphatic heterocycles. The molecule has 0 spiro atoms. The minimum Gasteiger partial charge on any atom is -0.478 e. The summed E-state index contributed by atoms with van der Waals surface area (Å²) in [6.07, 6.45) is -4.65.